The minimum atomic E-state index is -2.39. The summed E-state index contributed by atoms with van der Waals surface area (Å²) < 4.78 is 25.1. The van der Waals surface area contributed by atoms with Gasteiger partial charge in [0.05, 0.1) is 5.69 Å². The lowest BCUT2D eigenvalue weighted by Gasteiger charge is -2.39. The second kappa shape index (κ2) is 19.0. The summed E-state index contributed by atoms with van der Waals surface area (Å²) in [4.78, 5) is 78.2. The van der Waals surface area contributed by atoms with Gasteiger partial charge in [-0.1, -0.05) is 20.8 Å². The first-order valence-corrected chi connectivity index (χ1v) is 22.0. The number of hydrogen-bond acceptors (Lipinski definition) is 13. The molecule has 57 heavy (non-hydrogen) atoms. The summed E-state index contributed by atoms with van der Waals surface area (Å²) in [5, 5.41) is 2.54. The predicted octanol–water partition coefficient (Wildman–Crippen LogP) is 9.12. The topological polar surface area (TPSA) is 175 Å². The highest BCUT2D eigenvalue weighted by molar-refractivity contribution is 6.74. The van der Waals surface area contributed by atoms with Crippen molar-refractivity contribution in [1.29, 1.82) is 0 Å². The fourth-order valence-electron chi connectivity index (χ4n) is 4.22. The van der Waals surface area contributed by atoms with Gasteiger partial charge in [-0.15, -0.1) is 4.90 Å². The number of imide groups is 1. The molecule has 2 rings (SSSR count). The number of amides is 3. The average molecular weight is 823 g/mol. The zero-order valence-corrected chi connectivity index (χ0v) is 38.0. The summed E-state index contributed by atoms with van der Waals surface area (Å²) in [6, 6.07) is 6.87. The Balaban J connectivity index is 2.49. The third kappa shape index (κ3) is 17.5. The van der Waals surface area contributed by atoms with E-state index in [2.05, 4.69) is 44.2 Å². The molecular formula is C40H66N4O12Si. The van der Waals surface area contributed by atoms with Gasteiger partial charge in [-0.25, -0.2) is 24.2 Å². The van der Waals surface area contributed by atoms with Gasteiger partial charge in [0.1, 0.15) is 34.8 Å². The monoisotopic (exact) mass is 822 g/mol. The molecule has 3 amide bonds. The van der Waals surface area contributed by atoms with Crippen LogP contribution >= 0.6 is 0 Å². The van der Waals surface area contributed by atoms with Gasteiger partial charge in [0, 0.05) is 24.8 Å². The fourth-order valence-corrected chi connectivity index (χ4v) is 5.45. The summed E-state index contributed by atoms with van der Waals surface area (Å²) in [7, 11) is -2.39. The van der Waals surface area contributed by atoms with Crippen molar-refractivity contribution in [2.24, 2.45) is 0 Å². The van der Waals surface area contributed by atoms with Gasteiger partial charge >= 0.3 is 24.2 Å². The van der Waals surface area contributed by atoms with Crippen LogP contribution in [0.2, 0.25) is 18.1 Å². The van der Waals surface area contributed by atoms with E-state index < -0.39 is 61.1 Å². The number of aryl methyl sites for hydroxylation is 1. The molecule has 17 heteroatoms. The van der Waals surface area contributed by atoms with Crippen LogP contribution in [-0.4, -0.2) is 83.8 Å². The first kappa shape index (κ1) is 49.0. The van der Waals surface area contributed by atoms with Gasteiger partial charge < -0.3 is 28.5 Å². The van der Waals surface area contributed by atoms with Crippen LogP contribution in [0.5, 0.6) is 5.75 Å². The largest absolute Gasteiger partial charge is 0.490 e. The molecule has 0 aliphatic rings. The van der Waals surface area contributed by atoms with E-state index in [0.29, 0.717) is 28.3 Å². The Hall–Kier alpha value is -4.19. The van der Waals surface area contributed by atoms with Crippen molar-refractivity contribution in [1.82, 2.24) is 14.9 Å². The number of imidazole rings is 1. The number of carbonyl (C=O) groups excluding carboxylic acids is 4. The Morgan fingerprint density at radius 2 is 1.26 bits per heavy atom. The Morgan fingerprint density at radius 1 is 0.754 bits per heavy atom. The quantitative estimate of drug-likeness (QED) is 0.0628. The van der Waals surface area contributed by atoms with E-state index in [0.717, 1.165) is 0 Å². The molecule has 1 N–H and O–H groups in total. The molecule has 322 valence electrons. The summed E-state index contributed by atoms with van der Waals surface area (Å²) >= 11 is 0. The molecule has 0 fully saturated rings. The fraction of sp³-hybridized carbons (Fsp3) is 0.675. The first-order valence-electron chi connectivity index (χ1n) is 19.0. The first-order chi connectivity index (χ1) is 25.8. The summed E-state index contributed by atoms with van der Waals surface area (Å²) in [5.74, 6) is -0.229. The number of hydrogen-bond donors (Lipinski definition) is 1. The molecule has 0 aliphatic carbocycles. The molecular weight excluding hydrogens is 757 g/mol. The van der Waals surface area contributed by atoms with E-state index in [4.69, 9.17) is 38.2 Å². The van der Waals surface area contributed by atoms with E-state index in [9.17, 15) is 19.2 Å². The van der Waals surface area contributed by atoms with Gasteiger partial charge in [-0.2, -0.15) is 9.78 Å². The van der Waals surface area contributed by atoms with Crippen LogP contribution in [0.15, 0.2) is 30.5 Å². The van der Waals surface area contributed by atoms with E-state index in [1.54, 1.807) is 114 Å². The van der Waals surface area contributed by atoms with Crippen molar-refractivity contribution < 1.29 is 57.4 Å². The molecule has 1 heterocycles. The van der Waals surface area contributed by atoms with Crippen LogP contribution in [0.3, 0.4) is 0 Å². The molecule has 1 aromatic carbocycles. The van der Waals surface area contributed by atoms with Crippen LogP contribution in [0.4, 0.5) is 20.3 Å². The number of anilines is 1. The highest BCUT2D eigenvalue weighted by Gasteiger charge is 2.42. The third-order valence-corrected chi connectivity index (χ3v) is 12.2. The number of benzene rings is 1. The van der Waals surface area contributed by atoms with Crippen LogP contribution in [0, 0.1) is 0 Å². The third-order valence-electron chi connectivity index (χ3n) is 7.75. The van der Waals surface area contributed by atoms with Crippen molar-refractivity contribution >= 4 is 38.5 Å². The molecule has 2 aromatic rings. The number of nitrogens with one attached hydrogen (secondary N) is 1. The van der Waals surface area contributed by atoms with Crippen molar-refractivity contribution in [3.8, 4) is 17.0 Å². The van der Waals surface area contributed by atoms with Gasteiger partial charge in [-0.3, -0.25) is 9.78 Å². The zero-order valence-electron chi connectivity index (χ0n) is 37.0. The second-order valence-corrected chi connectivity index (χ2v) is 23.8. The highest BCUT2D eigenvalue weighted by Crippen LogP contribution is 2.38. The number of nitrogens with zero attached hydrogens (tertiary/aromatic N) is 3. The minimum Gasteiger partial charge on any atom is -0.490 e. The molecule has 0 bridgehead atoms. The maximum absolute atomic E-state index is 13.5. The van der Waals surface area contributed by atoms with E-state index in [-0.39, 0.29) is 30.7 Å². The van der Waals surface area contributed by atoms with E-state index in [1.807, 2.05) is 0 Å². The SMILES string of the molecule is CC(C)(C)OOC(=O)N(C(=O)OOC(C)(C)C)c1nc(-c2ccc(OC[C@@H](O[Si](C)(C)C(C)(C)C)C(=O)OC(C)(C)C)cc2)cn1CCCNC(=O)OC(C)(C)C. The number of esters is 1. The highest BCUT2D eigenvalue weighted by atomic mass is 28.4. The van der Waals surface area contributed by atoms with Crippen LogP contribution in [-0.2, 0) is 44.8 Å². The van der Waals surface area contributed by atoms with Crippen LogP contribution < -0.4 is 15.0 Å². The van der Waals surface area contributed by atoms with Crippen molar-refractivity contribution in [3.05, 3.63) is 30.5 Å². The molecule has 0 spiro atoms. The van der Waals surface area contributed by atoms with Gasteiger partial charge in [0.2, 0.25) is 5.95 Å². The smallest absolute Gasteiger partial charge is 0.457 e. The molecule has 0 saturated carbocycles. The molecule has 16 nitrogen and oxygen atoms in total. The number of ether oxygens (including phenoxy) is 3. The van der Waals surface area contributed by atoms with Crippen molar-refractivity contribution in [2.45, 2.75) is 163 Å². The Bertz CT molecular complexity index is 1630. The van der Waals surface area contributed by atoms with Crippen molar-refractivity contribution in [2.75, 3.05) is 18.1 Å². The number of alkyl carbamates (subject to hydrolysis) is 1. The lowest BCUT2D eigenvalue weighted by molar-refractivity contribution is -0.305. The number of aromatic nitrogens is 2. The summed E-state index contributed by atoms with van der Waals surface area (Å²) in [6.07, 6.45) is -2.04. The van der Waals surface area contributed by atoms with Gasteiger partial charge in [-0.05, 0) is 132 Å². The normalized spacial score (nSPS) is 13.4. The lowest BCUT2D eigenvalue weighted by Crippen LogP contribution is -2.49. The number of carbonyl (C=O) groups is 4. The molecule has 0 aliphatic heterocycles. The predicted molar refractivity (Wildman–Crippen MR) is 217 cm³/mol. The van der Waals surface area contributed by atoms with Gasteiger partial charge in [0.15, 0.2) is 14.4 Å². The molecule has 1 atom stereocenters. The van der Waals surface area contributed by atoms with Gasteiger partial charge in [0.25, 0.3) is 0 Å². The number of rotatable bonds is 14. The van der Waals surface area contributed by atoms with E-state index in [1.165, 1.54) is 4.57 Å². The maximum Gasteiger partial charge on any atom is 0.457 e. The summed E-state index contributed by atoms with van der Waals surface area (Å²) in [6.45, 7) is 31.3. The Morgan fingerprint density at radius 3 is 1.72 bits per heavy atom. The van der Waals surface area contributed by atoms with Crippen LogP contribution in [0.1, 0.15) is 110 Å². The van der Waals surface area contributed by atoms with Crippen molar-refractivity contribution in [3.63, 3.8) is 0 Å². The zero-order chi connectivity index (χ0) is 43.8. The molecule has 0 unspecified atom stereocenters. The average Bonchev–Trinajstić information content (AvgIpc) is 3.43. The molecule has 1 aromatic heterocycles. The maximum atomic E-state index is 13.5. The Kier molecular flexibility index (Phi) is 16.4. The van der Waals surface area contributed by atoms with E-state index >= 15 is 0 Å². The minimum absolute atomic E-state index is 0.0800. The standard InChI is InChI=1S/C40H66N4O12Si/c1-36(2,3)50-31(45)30(54-57(16,17)40(13,14)15)26-49-28-21-19-27(20-22-28)29-25-43(24-18-23-41-33(46)51-37(4,5)6)32(42-29)44(34(47)52-55-38(7,8)9)35(48)53-56-39(10,11)12/h19-22,25,30H,18,23-24,26H2,1-17H3,(H,41,46)/t30-/m1/s1. The lowest BCUT2D eigenvalue weighted by atomic mass is 10.1. The molecule has 0 radical (unpaired) electrons. The van der Waals surface area contributed by atoms with Crippen LogP contribution in [0.25, 0.3) is 11.3 Å². The Labute approximate surface area is 339 Å². The second-order valence-electron chi connectivity index (χ2n) is 19.1. The summed E-state index contributed by atoms with van der Waals surface area (Å²) in [5.41, 5.74) is -2.26. The molecule has 0 saturated heterocycles.